The molecule has 9 aromatic rings. The molecule has 558 valence electrons. The van der Waals surface area contributed by atoms with Crippen molar-refractivity contribution in [2.75, 3.05) is 155 Å². The number of fused-ring (bicyclic) bond motifs is 3. The van der Waals surface area contributed by atoms with E-state index in [9.17, 15) is 67.9 Å². The van der Waals surface area contributed by atoms with Crippen molar-refractivity contribution >= 4 is 131 Å². The SMILES string of the molecule is CN(C)CCCn1c(=O)c([N+](=O)[O-])c(N2CCN(C(=O)c3ccc(F)cc3)CC2)c2cc(Cl)ccc21.CN(C)CCn1c(=O)c([N+](=O)[O-])c(N2CCN(C(=O)c3ccc(Cl)cc3)CC2)c2cc(Cl)ccc21.CN(C)CCn1c(=O)c([N+](=O)[O-])c(N2CCN(C(=O)c3ccc(F)cc3)CC2)c2cc(Cl)ccc21. The molecule has 0 atom stereocenters. The lowest BCUT2D eigenvalue weighted by molar-refractivity contribution is -0.385. The van der Waals surface area contributed by atoms with Gasteiger partial charge in [0.05, 0.1) is 31.3 Å². The Labute approximate surface area is 627 Å². The number of amides is 3. The Morgan fingerprint density at radius 3 is 0.896 bits per heavy atom. The normalized spacial score (nSPS) is 14.1. The lowest BCUT2D eigenvalue weighted by Crippen LogP contribution is -2.49. The summed E-state index contributed by atoms with van der Waals surface area (Å²) in [5, 5.41) is 39.8. The van der Waals surface area contributed by atoms with Gasteiger partial charge in [-0.1, -0.05) is 46.4 Å². The number of nitro groups is 3. The third kappa shape index (κ3) is 17.9. The fourth-order valence-corrected chi connectivity index (χ4v) is 13.8. The molecule has 3 aliphatic heterocycles. The summed E-state index contributed by atoms with van der Waals surface area (Å²) < 4.78 is 30.7. The van der Waals surface area contributed by atoms with Crippen LogP contribution >= 0.6 is 46.4 Å². The number of rotatable bonds is 19. The summed E-state index contributed by atoms with van der Waals surface area (Å²) in [7, 11) is 11.3. The maximum atomic E-state index is 13.4. The van der Waals surface area contributed by atoms with Crippen molar-refractivity contribution in [3.8, 4) is 0 Å². The van der Waals surface area contributed by atoms with Crippen LogP contribution in [-0.2, 0) is 19.6 Å². The molecule has 12 rings (SSSR count). The number of pyridine rings is 3. The number of hydrogen-bond donors (Lipinski definition) is 0. The van der Waals surface area contributed by atoms with Gasteiger partial charge in [-0.2, -0.15) is 0 Å². The number of benzene rings is 6. The topological polar surface area (TPSA) is 276 Å². The predicted molar refractivity (Wildman–Crippen MR) is 408 cm³/mol. The Hall–Kier alpha value is -10.1. The van der Waals surface area contributed by atoms with Crippen LogP contribution in [0.25, 0.3) is 32.7 Å². The first-order chi connectivity index (χ1) is 50.5. The third-order valence-electron chi connectivity index (χ3n) is 18.5. The number of carbonyl (C=O) groups is 3. The molecule has 0 saturated carbocycles. The fourth-order valence-electron chi connectivity index (χ4n) is 13.2. The minimum absolute atomic E-state index is 0.136. The summed E-state index contributed by atoms with van der Waals surface area (Å²) in [4.78, 5) is 129. The molecule has 106 heavy (non-hydrogen) atoms. The van der Waals surface area contributed by atoms with Gasteiger partial charge in [-0.3, -0.25) is 59.1 Å². The van der Waals surface area contributed by atoms with Gasteiger partial charge in [0, 0.05) is 164 Å². The summed E-state index contributed by atoms with van der Waals surface area (Å²) in [5.74, 6) is -1.47. The molecular formula is C73H77Cl4F2N15O12. The number of carbonyl (C=O) groups excluding carboxylic acids is 3. The summed E-state index contributed by atoms with van der Waals surface area (Å²) >= 11 is 24.7. The summed E-state index contributed by atoms with van der Waals surface area (Å²) in [6, 6.07) is 32.4. The Morgan fingerprint density at radius 1 is 0.377 bits per heavy atom. The van der Waals surface area contributed by atoms with Crippen LogP contribution in [0, 0.1) is 42.0 Å². The van der Waals surface area contributed by atoms with E-state index in [4.69, 9.17) is 46.4 Å². The van der Waals surface area contributed by atoms with Gasteiger partial charge in [0.15, 0.2) is 0 Å². The van der Waals surface area contributed by atoms with E-state index in [0.29, 0.717) is 168 Å². The second-order valence-electron chi connectivity index (χ2n) is 26.3. The zero-order chi connectivity index (χ0) is 76.5. The average Bonchev–Trinajstić information content (AvgIpc) is 0.757. The Bertz CT molecular complexity index is 4800. The lowest BCUT2D eigenvalue weighted by atomic mass is 10.1. The highest BCUT2D eigenvalue weighted by molar-refractivity contribution is 6.32. The van der Waals surface area contributed by atoms with Crippen LogP contribution in [0.4, 0.5) is 42.9 Å². The number of aromatic nitrogens is 3. The Balaban J connectivity index is 0.000000170. The highest BCUT2D eigenvalue weighted by Crippen LogP contribution is 2.40. The standard InChI is InChI=1S/C25H27ClFN5O4.C24H25Cl2N5O4.C24H25ClFN5O4/c1-28(2)10-3-11-31-21-9-6-18(26)16-20(21)22(23(25(31)34)32(35)36)29-12-14-30(15-13-29)24(33)17-4-7-19(27)8-5-17;1-27(2)9-14-30-20-8-7-18(26)15-19(20)21(22(24(30)33)31(34)35)28-10-12-29(13-11-28)23(32)16-3-5-17(25)6-4-16;1-27(2)9-14-30-20-8-5-17(25)15-19(20)21(22(24(30)33)31(34)35)28-10-12-29(13-11-28)23(32)16-3-6-18(26)7-4-16/h4-9,16H,3,10-15H2,1-2H3;2*3-8,15H,9-14H2,1-2H3. The number of piperazine rings is 3. The number of likely N-dealkylation sites (N-methyl/N-ethyl adjacent to an activating group) is 2. The van der Waals surface area contributed by atoms with Crippen molar-refractivity contribution in [3.63, 3.8) is 0 Å². The van der Waals surface area contributed by atoms with E-state index < -0.39 is 60.1 Å². The molecule has 0 aliphatic carbocycles. The lowest BCUT2D eigenvalue weighted by Gasteiger charge is -2.36. The number of anilines is 3. The van der Waals surface area contributed by atoms with Crippen molar-refractivity contribution in [1.29, 1.82) is 0 Å². The zero-order valence-corrected chi connectivity index (χ0v) is 62.0. The van der Waals surface area contributed by atoms with Crippen molar-refractivity contribution in [3.05, 3.63) is 237 Å². The van der Waals surface area contributed by atoms with Gasteiger partial charge in [-0.15, -0.1) is 0 Å². The van der Waals surface area contributed by atoms with Crippen LogP contribution < -0.4 is 31.4 Å². The van der Waals surface area contributed by atoms with Gasteiger partial charge in [0.2, 0.25) is 0 Å². The van der Waals surface area contributed by atoms with Gasteiger partial charge in [-0.05, 0) is 183 Å². The second-order valence-corrected chi connectivity index (χ2v) is 28.1. The molecule has 33 heteroatoms. The highest BCUT2D eigenvalue weighted by atomic mass is 35.5. The second kappa shape index (κ2) is 34.4. The Morgan fingerprint density at radius 2 is 0.632 bits per heavy atom. The molecule has 0 bridgehead atoms. The molecule has 27 nitrogen and oxygen atoms in total. The molecule has 0 unspecified atom stereocenters. The Kier molecular flexibility index (Phi) is 25.5. The van der Waals surface area contributed by atoms with E-state index in [1.54, 1.807) is 108 Å². The van der Waals surface area contributed by atoms with Crippen molar-refractivity contribution in [2.45, 2.75) is 26.1 Å². The number of nitrogens with zero attached hydrogens (tertiary/aromatic N) is 15. The largest absolute Gasteiger partial charge is 0.362 e. The van der Waals surface area contributed by atoms with Gasteiger partial charge in [0.1, 0.15) is 28.7 Å². The maximum Gasteiger partial charge on any atom is 0.357 e. The summed E-state index contributed by atoms with van der Waals surface area (Å²) in [6.45, 7) is 6.41. The van der Waals surface area contributed by atoms with Gasteiger partial charge in [0.25, 0.3) is 17.7 Å². The molecule has 3 fully saturated rings. The van der Waals surface area contributed by atoms with Crippen molar-refractivity contribution in [1.82, 2.24) is 43.1 Å². The van der Waals surface area contributed by atoms with Crippen LogP contribution in [0.3, 0.4) is 0 Å². The van der Waals surface area contributed by atoms with Gasteiger partial charge < -0.3 is 57.8 Å². The molecule has 0 spiro atoms. The van der Waals surface area contributed by atoms with Crippen LogP contribution in [0.2, 0.25) is 20.1 Å². The quantitative estimate of drug-likeness (QED) is 0.0537. The fraction of sp³-hybridized carbons (Fsp3) is 0.342. The summed E-state index contributed by atoms with van der Waals surface area (Å²) in [6.07, 6.45) is 0.644. The first-order valence-electron chi connectivity index (χ1n) is 33.9. The maximum absolute atomic E-state index is 13.4. The van der Waals surface area contributed by atoms with Gasteiger partial charge >= 0.3 is 33.7 Å². The molecule has 0 N–H and O–H groups in total. The number of aryl methyl sites for hydroxylation is 1. The van der Waals surface area contributed by atoms with Crippen LogP contribution in [0.15, 0.2) is 142 Å². The van der Waals surface area contributed by atoms with Crippen molar-refractivity contribution in [2.24, 2.45) is 0 Å². The first kappa shape index (κ1) is 78.4. The molecular weight excluding hydrogens is 1460 g/mol. The van der Waals surface area contributed by atoms with E-state index in [-0.39, 0.29) is 54.4 Å². The average molecular weight is 1540 g/mol. The monoisotopic (exact) mass is 1530 g/mol. The third-order valence-corrected chi connectivity index (χ3v) is 19.5. The van der Waals surface area contributed by atoms with Crippen LogP contribution in [0.5, 0.6) is 0 Å². The molecule has 3 amide bonds. The number of hydrogen-bond acceptors (Lipinski definition) is 18. The highest BCUT2D eigenvalue weighted by Gasteiger charge is 2.37. The van der Waals surface area contributed by atoms with E-state index in [2.05, 4.69) is 0 Å². The van der Waals surface area contributed by atoms with E-state index in [1.807, 2.05) is 57.0 Å². The van der Waals surface area contributed by atoms with Gasteiger partial charge in [-0.25, -0.2) is 8.78 Å². The van der Waals surface area contributed by atoms with E-state index in [1.165, 1.54) is 62.2 Å². The minimum Gasteiger partial charge on any atom is -0.362 e. The molecule has 3 aliphatic rings. The molecule has 0 radical (unpaired) electrons. The molecule has 6 heterocycles. The van der Waals surface area contributed by atoms with E-state index >= 15 is 0 Å². The predicted octanol–water partition coefficient (Wildman–Crippen LogP) is 10.6. The number of halogens is 6. The molecule has 3 aromatic heterocycles. The first-order valence-corrected chi connectivity index (χ1v) is 35.4. The van der Waals surface area contributed by atoms with E-state index in [0.717, 1.165) is 6.54 Å². The van der Waals surface area contributed by atoms with Crippen molar-refractivity contribution < 1.29 is 37.9 Å². The molecule has 6 aromatic carbocycles. The smallest absolute Gasteiger partial charge is 0.357 e. The zero-order valence-electron chi connectivity index (χ0n) is 58.9. The minimum atomic E-state index is -0.675. The summed E-state index contributed by atoms with van der Waals surface area (Å²) in [5.41, 5.74) is 0.211. The van der Waals surface area contributed by atoms with Crippen LogP contribution in [0.1, 0.15) is 37.5 Å². The van der Waals surface area contributed by atoms with Crippen LogP contribution in [-0.4, -0.2) is 216 Å². The molecule has 3 saturated heterocycles.